The Balaban J connectivity index is 0.000000599. The van der Waals surface area contributed by atoms with Crippen LogP contribution in [0.5, 0.6) is 0 Å². The maximum Gasteiger partial charge on any atom is 0.446 e. The highest BCUT2D eigenvalue weighted by Crippen LogP contribution is 2.34. The summed E-state index contributed by atoms with van der Waals surface area (Å²) in [5, 5.41) is 10.9. The van der Waals surface area contributed by atoms with E-state index in [4.69, 9.17) is 9.90 Å². The predicted octanol–water partition coefficient (Wildman–Crippen LogP) is 0.349. The number of carboxylic acids is 1. The Labute approximate surface area is 213 Å². The fourth-order valence-electron chi connectivity index (χ4n) is 4.33. The van der Waals surface area contributed by atoms with Crippen molar-refractivity contribution in [3.63, 3.8) is 0 Å². The average Bonchev–Trinajstić information content (AvgIpc) is 3.12. The van der Waals surface area contributed by atoms with Crippen LogP contribution in [-0.4, -0.2) is 95.1 Å². The lowest BCUT2D eigenvalue weighted by Gasteiger charge is -2.36. The third-order valence-corrected chi connectivity index (χ3v) is 6.11. The van der Waals surface area contributed by atoms with Crippen molar-refractivity contribution in [3.05, 3.63) is 29.3 Å². The van der Waals surface area contributed by atoms with Crippen LogP contribution < -0.4 is 10.2 Å². The molecule has 3 aliphatic rings. The molecule has 1 aromatic carbocycles. The zero-order chi connectivity index (χ0) is 28.2. The van der Waals surface area contributed by atoms with Crippen molar-refractivity contribution in [1.29, 1.82) is 0 Å². The van der Waals surface area contributed by atoms with Gasteiger partial charge in [-0.1, -0.05) is 6.07 Å². The highest BCUT2D eigenvalue weighted by atomic mass is 19.4. The van der Waals surface area contributed by atoms with Crippen LogP contribution in [0.3, 0.4) is 0 Å². The number of piperazine rings is 1. The van der Waals surface area contributed by atoms with Gasteiger partial charge < -0.3 is 14.9 Å². The van der Waals surface area contributed by atoms with E-state index < -0.39 is 48.1 Å². The number of aldehydes is 1. The number of fused-ring (bicyclic) bond motifs is 1. The van der Waals surface area contributed by atoms with Gasteiger partial charge in [-0.15, -0.1) is 0 Å². The minimum atomic E-state index is -4.64. The van der Waals surface area contributed by atoms with Crippen molar-refractivity contribution >= 4 is 47.5 Å². The fraction of sp³-hybridized carbons (Fsp3) is 0.435. The molecule has 2 N–H and O–H groups in total. The molecule has 204 valence electrons. The van der Waals surface area contributed by atoms with Gasteiger partial charge in [0, 0.05) is 39.0 Å². The Morgan fingerprint density at radius 3 is 2.21 bits per heavy atom. The molecule has 2 saturated heterocycles. The van der Waals surface area contributed by atoms with Gasteiger partial charge in [-0.05, 0) is 18.6 Å². The molecule has 0 spiro atoms. The number of alkyl halides is 3. The lowest BCUT2D eigenvalue weighted by molar-refractivity contribution is -0.156. The van der Waals surface area contributed by atoms with E-state index in [9.17, 15) is 41.9 Å². The summed E-state index contributed by atoms with van der Waals surface area (Å²) in [7, 11) is 0. The Kier molecular flexibility index (Phi) is 8.48. The normalized spacial score (nSPS) is 19.4. The van der Waals surface area contributed by atoms with E-state index >= 15 is 0 Å². The zero-order valence-electron chi connectivity index (χ0n) is 19.8. The third kappa shape index (κ3) is 6.33. The number of piperidine rings is 1. The molecule has 12 nitrogen and oxygen atoms in total. The number of carboxylic acid groups (broad SMARTS) is 1. The fourth-order valence-corrected chi connectivity index (χ4v) is 4.33. The first-order chi connectivity index (χ1) is 17.8. The summed E-state index contributed by atoms with van der Waals surface area (Å²) >= 11 is 0. The summed E-state index contributed by atoms with van der Waals surface area (Å²) in [6.07, 6.45) is -5.86. The molecule has 1 aromatic rings. The Morgan fingerprint density at radius 1 is 1.03 bits per heavy atom. The molecule has 0 radical (unpaired) electrons. The number of amides is 5. The maximum atomic E-state index is 13.2. The average molecular weight is 540 g/mol. The highest BCUT2D eigenvalue weighted by molar-refractivity contribution is 6.25. The second-order valence-corrected chi connectivity index (χ2v) is 8.57. The van der Waals surface area contributed by atoms with Gasteiger partial charge >= 0.3 is 12.1 Å². The maximum absolute atomic E-state index is 13.2. The van der Waals surface area contributed by atoms with E-state index in [1.54, 1.807) is 17.0 Å². The van der Waals surface area contributed by atoms with Gasteiger partial charge in [-0.2, -0.15) is 13.2 Å². The molecule has 38 heavy (non-hydrogen) atoms. The number of hydrogen-bond acceptors (Lipinski definition) is 8. The second kappa shape index (κ2) is 11.4. The number of anilines is 1. The number of benzene rings is 1. The third-order valence-electron chi connectivity index (χ3n) is 6.11. The summed E-state index contributed by atoms with van der Waals surface area (Å²) in [5.41, 5.74) is 0.971. The van der Waals surface area contributed by atoms with Crippen LogP contribution in [-0.2, 0) is 24.0 Å². The van der Waals surface area contributed by atoms with E-state index in [0.717, 1.165) is 4.90 Å². The molecule has 3 heterocycles. The first kappa shape index (κ1) is 28.3. The van der Waals surface area contributed by atoms with Crippen molar-refractivity contribution < 1.29 is 51.8 Å². The van der Waals surface area contributed by atoms with Crippen molar-refractivity contribution in [1.82, 2.24) is 15.1 Å². The van der Waals surface area contributed by atoms with Crippen LogP contribution >= 0.6 is 0 Å². The number of imide groups is 2. The first-order valence-electron chi connectivity index (χ1n) is 11.5. The first-order valence-corrected chi connectivity index (χ1v) is 11.5. The van der Waals surface area contributed by atoms with Gasteiger partial charge in [-0.25, -0.2) is 0 Å². The molecule has 15 heteroatoms. The van der Waals surface area contributed by atoms with E-state index in [1.165, 1.54) is 6.07 Å². The van der Waals surface area contributed by atoms with Crippen LogP contribution in [0.4, 0.5) is 18.9 Å². The lowest BCUT2D eigenvalue weighted by Crippen LogP contribution is -2.54. The molecule has 3 aliphatic heterocycles. The minimum Gasteiger partial charge on any atom is -0.481 e. The van der Waals surface area contributed by atoms with Gasteiger partial charge in [0.1, 0.15) is 6.04 Å². The summed E-state index contributed by atoms with van der Waals surface area (Å²) in [6.45, 7) is 1.55. The van der Waals surface area contributed by atoms with Gasteiger partial charge in [0.25, 0.3) is 11.8 Å². The molecule has 4 rings (SSSR count). The number of aliphatic carboxylic acids is 1. The van der Waals surface area contributed by atoms with Gasteiger partial charge in [-0.3, -0.25) is 43.8 Å². The van der Waals surface area contributed by atoms with E-state index in [-0.39, 0.29) is 42.7 Å². The number of rotatable bonds is 5. The molecule has 0 aromatic heterocycles. The quantitative estimate of drug-likeness (QED) is 0.397. The molecular weight excluding hydrogens is 517 g/mol. The monoisotopic (exact) mass is 540 g/mol. The molecule has 5 amide bonds. The summed E-state index contributed by atoms with van der Waals surface area (Å²) in [4.78, 5) is 85.8. The number of hydrogen-bond donors (Lipinski definition) is 2. The Bertz CT molecular complexity index is 1180. The van der Waals surface area contributed by atoms with Gasteiger partial charge in [0.05, 0.1) is 23.2 Å². The van der Waals surface area contributed by atoms with Crippen LogP contribution in [0, 0.1) is 0 Å². The molecule has 0 saturated carbocycles. The molecule has 0 aliphatic carbocycles. The van der Waals surface area contributed by atoms with Crippen LogP contribution in [0.15, 0.2) is 18.2 Å². The molecule has 2 fully saturated rings. The van der Waals surface area contributed by atoms with Crippen LogP contribution in [0.2, 0.25) is 0 Å². The summed E-state index contributed by atoms with van der Waals surface area (Å²) < 4.78 is 31.2. The largest absolute Gasteiger partial charge is 0.481 e. The van der Waals surface area contributed by atoms with E-state index in [1.807, 2.05) is 4.90 Å². The highest BCUT2D eigenvalue weighted by Gasteiger charge is 2.46. The number of halogens is 3. The Morgan fingerprint density at radius 2 is 1.66 bits per heavy atom. The van der Waals surface area contributed by atoms with E-state index in [2.05, 4.69) is 5.32 Å². The number of nitrogens with one attached hydrogen (secondary N) is 1. The Hall–Kier alpha value is -4.30. The number of carbonyl (C=O) groups excluding carboxylic acids is 6. The molecule has 1 atom stereocenters. The lowest BCUT2D eigenvalue weighted by atomic mass is 10.0. The predicted molar refractivity (Wildman–Crippen MR) is 121 cm³/mol. The van der Waals surface area contributed by atoms with Gasteiger partial charge in [0.2, 0.25) is 24.0 Å². The zero-order valence-corrected chi connectivity index (χ0v) is 19.8. The smallest absolute Gasteiger partial charge is 0.446 e. The molecular formula is C23H23F3N4O8. The van der Waals surface area contributed by atoms with Crippen molar-refractivity contribution in [2.24, 2.45) is 0 Å². The summed E-state index contributed by atoms with van der Waals surface area (Å²) in [6, 6.07) is 3.89. The SMILES string of the molecule is O=C(O)CCC(=O)N1CCN(c2cccc3c2C(=O)N(C2CCC(=O)NC2=O)C3=O)CC1.O=CC(F)(F)F. The summed E-state index contributed by atoms with van der Waals surface area (Å²) in [5.74, 6) is -3.50. The number of nitrogens with zero attached hydrogens (tertiary/aromatic N) is 3. The van der Waals surface area contributed by atoms with Crippen molar-refractivity contribution in [2.75, 3.05) is 31.1 Å². The molecule has 1 unspecified atom stereocenters. The van der Waals surface area contributed by atoms with Crippen LogP contribution in [0.1, 0.15) is 46.4 Å². The standard InChI is InChI=1S/C21H22N4O7.C2HF3O/c26-15-5-4-14(19(30)22-15)25-20(31)12-2-1-3-13(18(12)21(25)32)23-8-10-24(11-9-23)16(27)6-7-17(28)29;3-2(4,5)1-6/h1-3,14H,4-11H2,(H,28,29)(H,22,26,30);1H. The molecule has 0 bridgehead atoms. The van der Waals surface area contributed by atoms with Gasteiger partial charge in [0.15, 0.2) is 0 Å². The topological polar surface area (TPSA) is 161 Å². The number of carbonyl (C=O) groups is 7. The van der Waals surface area contributed by atoms with Crippen LogP contribution in [0.25, 0.3) is 0 Å². The second-order valence-electron chi connectivity index (χ2n) is 8.57. The van der Waals surface area contributed by atoms with E-state index in [0.29, 0.717) is 31.9 Å². The minimum absolute atomic E-state index is 0.0501. The van der Waals surface area contributed by atoms with Crippen molar-refractivity contribution in [2.45, 2.75) is 37.9 Å². The van der Waals surface area contributed by atoms with Crippen molar-refractivity contribution in [3.8, 4) is 0 Å².